The minimum atomic E-state index is -4.16. The predicted molar refractivity (Wildman–Crippen MR) is 115 cm³/mol. The quantitative estimate of drug-likeness (QED) is 0.241. The Morgan fingerprint density at radius 1 is 1.06 bits per heavy atom. The third kappa shape index (κ3) is 3.83. The van der Waals surface area contributed by atoms with Crippen LogP contribution in [0.25, 0.3) is 22.2 Å². The van der Waals surface area contributed by atoms with Crippen LogP contribution in [0, 0.1) is 22.5 Å². The standard InChI is InChI=1S/C22H17F4N7O/c1-29-20(34)13-4-3-11(8-15(13)23)17-5-6-19(27)33(31-17)21(28)22(25,26)14-7-12-10-32(2)30-18(12)9-16(14)24/h3-10,27-28H,1-2H3,(H,29,34). The molecule has 8 nitrogen and oxygen atoms in total. The van der Waals surface area contributed by atoms with Crippen molar-refractivity contribution in [3.05, 3.63) is 76.9 Å². The average molecular weight is 471 g/mol. The zero-order valence-electron chi connectivity index (χ0n) is 17.8. The summed E-state index contributed by atoms with van der Waals surface area (Å²) >= 11 is 0. The van der Waals surface area contributed by atoms with E-state index < -0.39 is 40.4 Å². The number of aromatic nitrogens is 4. The first-order valence-electron chi connectivity index (χ1n) is 9.80. The summed E-state index contributed by atoms with van der Waals surface area (Å²) in [6, 6.07) is 7.65. The normalized spacial score (nSPS) is 11.6. The zero-order chi connectivity index (χ0) is 24.8. The van der Waals surface area contributed by atoms with Crippen LogP contribution in [0.1, 0.15) is 15.9 Å². The second kappa shape index (κ2) is 8.21. The molecule has 0 unspecified atom stereocenters. The van der Waals surface area contributed by atoms with Gasteiger partial charge in [0, 0.05) is 37.3 Å². The minimum Gasteiger partial charge on any atom is -0.355 e. The van der Waals surface area contributed by atoms with E-state index in [0.29, 0.717) is 4.68 Å². The third-order valence-electron chi connectivity index (χ3n) is 5.13. The Morgan fingerprint density at radius 2 is 1.79 bits per heavy atom. The Kier molecular flexibility index (Phi) is 5.51. The number of hydrogen-bond acceptors (Lipinski definition) is 5. The van der Waals surface area contributed by atoms with Crippen molar-refractivity contribution in [3.8, 4) is 11.3 Å². The van der Waals surface area contributed by atoms with E-state index in [1.54, 1.807) is 7.05 Å². The second-order valence-corrected chi connectivity index (χ2v) is 7.41. The summed E-state index contributed by atoms with van der Waals surface area (Å²) in [5, 5.41) is 26.4. The first-order valence-corrected chi connectivity index (χ1v) is 9.80. The maximum atomic E-state index is 15.2. The molecule has 0 bridgehead atoms. The van der Waals surface area contributed by atoms with Gasteiger partial charge in [-0.05, 0) is 30.3 Å². The van der Waals surface area contributed by atoms with Crippen LogP contribution in [0.2, 0.25) is 0 Å². The Bertz CT molecular complexity index is 1520. The van der Waals surface area contributed by atoms with E-state index in [9.17, 15) is 13.6 Å². The zero-order valence-corrected chi connectivity index (χ0v) is 17.8. The third-order valence-corrected chi connectivity index (χ3v) is 5.13. The molecule has 2 aromatic carbocycles. The maximum Gasteiger partial charge on any atom is 0.334 e. The highest BCUT2D eigenvalue weighted by Crippen LogP contribution is 2.34. The molecule has 0 fully saturated rings. The van der Waals surface area contributed by atoms with Crippen molar-refractivity contribution < 1.29 is 22.4 Å². The van der Waals surface area contributed by atoms with Gasteiger partial charge >= 0.3 is 5.92 Å². The molecule has 0 radical (unpaired) electrons. The van der Waals surface area contributed by atoms with E-state index in [-0.39, 0.29) is 27.7 Å². The van der Waals surface area contributed by atoms with E-state index in [0.717, 1.165) is 24.3 Å². The molecule has 4 rings (SSSR count). The summed E-state index contributed by atoms with van der Waals surface area (Å²) in [5.41, 5.74) is -1.61. The number of rotatable bonds is 4. The van der Waals surface area contributed by atoms with Gasteiger partial charge in [0.1, 0.15) is 17.1 Å². The number of aryl methyl sites for hydroxylation is 1. The summed E-state index contributed by atoms with van der Waals surface area (Å²) in [6.07, 6.45) is 1.43. The fourth-order valence-corrected chi connectivity index (χ4v) is 3.41. The highest BCUT2D eigenvalue weighted by Gasteiger charge is 2.42. The largest absolute Gasteiger partial charge is 0.355 e. The Morgan fingerprint density at radius 3 is 2.47 bits per heavy atom. The van der Waals surface area contributed by atoms with Gasteiger partial charge in [-0.15, -0.1) is 0 Å². The number of carbonyl (C=O) groups is 1. The summed E-state index contributed by atoms with van der Waals surface area (Å²) < 4.78 is 61.1. The fourth-order valence-electron chi connectivity index (χ4n) is 3.41. The van der Waals surface area contributed by atoms with Gasteiger partial charge in [0.2, 0.25) is 0 Å². The number of carbonyl (C=O) groups excluding carboxylic acids is 1. The van der Waals surface area contributed by atoms with Gasteiger partial charge in [0.05, 0.1) is 22.3 Å². The molecule has 2 heterocycles. The fraction of sp³-hybridized carbons (Fsp3) is 0.136. The van der Waals surface area contributed by atoms with Gasteiger partial charge in [-0.1, -0.05) is 6.07 Å². The number of nitrogens with zero attached hydrogens (tertiary/aromatic N) is 4. The van der Waals surface area contributed by atoms with Gasteiger partial charge in [0.25, 0.3) is 5.91 Å². The van der Waals surface area contributed by atoms with Gasteiger partial charge < -0.3 is 5.32 Å². The van der Waals surface area contributed by atoms with E-state index in [1.807, 2.05) is 0 Å². The second-order valence-electron chi connectivity index (χ2n) is 7.41. The molecule has 0 saturated carbocycles. The molecule has 4 aromatic rings. The van der Waals surface area contributed by atoms with E-state index in [4.69, 9.17) is 10.8 Å². The van der Waals surface area contributed by atoms with Crippen molar-refractivity contribution in [1.29, 1.82) is 10.8 Å². The van der Waals surface area contributed by atoms with Crippen molar-refractivity contribution in [3.63, 3.8) is 0 Å². The molecule has 2 aromatic heterocycles. The van der Waals surface area contributed by atoms with Crippen LogP contribution in [-0.2, 0) is 13.0 Å². The van der Waals surface area contributed by atoms with E-state index in [2.05, 4.69) is 15.5 Å². The van der Waals surface area contributed by atoms with Crippen LogP contribution in [0.4, 0.5) is 17.6 Å². The first kappa shape index (κ1) is 22.8. The van der Waals surface area contributed by atoms with Gasteiger partial charge in [0.15, 0.2) is 5.84 Å². The number of amides is 1. The molecule has 0 aliphatic rings. The number of nitrogens with one attached hydrogen (secondary N) is 3. The van der Waals surface area contributed by atoms with Crippen molar-refractivity contribution >= 4 is 22.6 Å². The van der Waals surface area contributed by atoms with Crippen LogP contribution < -0.4 is 10.8 Å². The van der Waals surface area contributed by atoms with Crippen molar-refractivity contribution in [1.82, 2.24) is 24.9 Å². The predicted octanol–water partition coefficient (Wildman–Crippen LogP) is 3.17. The van der Waals surface area contributed by atoms with Gasteiger partial charge in [-0.2, -0.15) is 23.7 Å². The van der Waals surface area contributed by atoms with Crippen molar-refractivity contribution in [2.75, 3.05) is 7.05 Å². The van der Waals surface area contributed by atoms with Crippen molar-refractivity contribution in [2.24, 2.45) is 7.05 Å². The maximum absolute atomic E-state index is 15.2. The van der Waals surface area contributed by atoms with Crippen LogP contribution in [0.5, 0.6) is 0 Å². The molecule has 34 heavy (non-hydrogen) atoms. The molecule has 0 aliphatic carbocycles. The Labute approximate surface area is 189 Å². The minimum absolute atomic E-state index is 0.0397. The van der Waals surface area contributed by atoms with Crippen LogP contribution in [-0.4, -0.2) is 38.4 Å². The summed E-state index contributed by atoms with van der Waals surface area (Å²) in [6.45, 7) is 0. The topological polar surface area (TPSA) is 112 Å². The molecule has 0 saturated heterocycles. The number of alkyl halides is 2. The van der Waals surface area contributed by atoms with E-state index >= 15 is 8.78 Å². The van der Waals surface area contributed by atoms with E-state index in [1.165, 1.54) is 36.1 Å². The molecule has 0 spiro atoms. The Balaban J connectivity index is 1.76. The molecule has 174 valence electrons. The summed E-state index contributed by atoms with van der Waals surface area (Å²) in [7, 11) is 2.90. The van der Waals surface area contributed by atoms with Gasteiger partial charge in [-0.25, -0.2) is 8.78 Å². The lowest BCUT2D eigenvalue weighted by Gasteiger charge is -2.20. The molecule has 1 amide bonds. The highest BCUT2D eigenvalue weighted by atomic mass is 19.3. The number of hydrogen-bond donors (Lipinski definition) is 3. The summed E-state index contributed by atoms with van der Waals surface area (Å²) in [4.78, 5) is 11.7. The Hall–Kier alpha value is -4.35. The number of halogens is 4. The van der Waals surface area contributed by atoms with Crippen LogP contribution >= 0.6 is 0 Å². The van der Waals surface area contributed by atoms with Gasteiger partial charge in [-0.3, -0.25) is 20.3 Å². The lowest BCUT2D eigenvalue weighted by atomic mass is 10.0. The smallest absolute Gasteiger partial charge is 0.334 e. The number of fused-ring (bicyclic) bond motifs is 1. The number of benzene rings is 2. The molecule has 12 heteroatoms. The first-order chi connectivity index (χ1) is 16.0. The van der Waals surface area contributed by atoms with Crippen molar-refractivity contribution in [2.45, 2.75) is 5.92 Å². The average Bonchev–Trinajstić information content (AvgIpc) is 3.16. The SMILES string of the molecule is CNC(=O)c1ccc(-c2ccc(=N)n(C(=N)C(F)(F)c3cc4cn(C)nc4cc3F)n2)cc1F. The van der Waals surface area contributed by atoms with Crippen LogP contribution in [0.15, 0.2) is 48.7 Å². The molecule has 0 aliphatic heterocycles. The monoisotopic (exact) mass is 471 g/mol. The molecular formula is C22H17F4N7O. The van der Waals surface area contributed by atoms with Crippen LogP contribution in [0.3, 0.4) is 0 Å². The molecular weight excluding hydrogens is 454 g/mol. The summed E-state index contributed by atoms with van der Waals surface area (Å²) in [5.74, 6) is -8.41. The molecule has 0 atom stereocenters. The lowest BCUT2D eigenvalue weighted by molar-refractivity contribution is 0.0656. The lowest BCUT2D eigenvalue weighted by Crippen LogP contribution is -2.40. The molecule has 3 N–H and O–H groups in total. The highest BCUT2D eigenvalue weighted by molar-refractivity contribution is 5.95.